The van der Waals surface area contributed by atoms with E-state index in [0.29, 0.717) is 23.3 Å². The van der Waals surface area contributed by atoms with Crippen LogP contribution in [0, 0.1) is 11.8 Å². The van der Waals surface area contributed by atoms with Gasteiger partial charge in [-0.15, -0.1) is 0 Å². The van der Waals surface area contributed by atoms with Crippen molar-refractivity contribution >= 4 is 23.3 Å². The summed E-state index contributed by atoms with van der Waals surface area (Å²) < 4.78 is 0. The standard InChI is InChI=1S/C25H22ClNO2/c26-17-9-7-14(8-10-17)23-20-6-2-5-19(20)22-12-16(25(28)29)11-21-18-4-1-3-15(18)13-27(23)24(21)22/h1-2,4-5,7-12,15,18-20,23H,3,6,13H2,(H,28,29)/t15-,18-,19-,20-,23-/m0/s1. The number of carbonyl (C=O) groups is 1. The van der Waals surface area contributed by atoms with Crippen molar-refractivity contribution in [2.45, 2.75) is 30.7 Å². The largest absolute Gasteiger partial charge is 0.478 e. The van der Waals surface area contributed by atoms with Crippen LogP contribution in [0.1, 0.15) is 57.8 Å². The summed E-state index contributed by atoms with van der Waals surface area (Å²) in [6, 6.07) is 12.5. The molecular weight excluding hydrogens is 382 g/mol. The molecule has 0 aromatic heterocycles. The van der Waals surface area contributed by atoms with E-state index in [-0.39, 0.29) is 12.0 Å². The predicted molar refractivity (Wildman–Crippen MR) is 115 cm³/mol. The zero-order valence-electron chi connectivity index (χ0n) is 16.0. The lowest BCUT2D eigenvalue weighted by molar-refractivity contribution is 0.0696. The minimum Gasteiger partial charge on any atom is -0.478 e. The van der Waals surface area contributed by atoms with Crippen molar-refractivity contribution in [3.8, 4) is 0 Å². The van der Waals surface area contributed by atoms with Crippen LogP contribution in [0.25, 0.3) is 0 Å². The zero-order chi connectivity index (χ0) is 19.7. The fourth-order valence-electron chi connectivity index (χ4n) is 6.14. The van der Waals surface area contributed by atoms with E-state index in [4.69, 9.17) is 11.6 Å². The molecule has 4 aliphatic rings. The summed E-state index contributed by atoms with van der Waals surface area (Å²) in [6.07, 6.45) is 11.2. The molecule has 5 atom stereocenters. The molecule has 0 bridgehead atoms. The third-order valence-corrected chi connectivity index (χ3v) is 7.56. The molecule has 2 aliphatic carbocycles. The Morgan fingerprint density at radius 2 is 1.69 bits per heavy atom. The van der Waals surface area contributed by atoms with Crippen LogP contribution in [-0.2, 0) is 0 Å². The molecule has 6 rings (SSSR count). The van der Waals surface area contributed by atoms with Crippen molar-refractivity contribution in [2.24, 2.45) is 11.8 Å². The van der Waals surface area contributed by atoms with Crippen LogP contribution in [0.5, 0.6) is 0 Å². The number of aromatic carboxylic acids is 1. The van der Waals surface area contributed by atoms with Crippen LogP contribution in [0.4, 0.5) is 5.69 Å². The Morgan fingerprint density at radius 3 is 2.45 bits per heavy atom. The van der Waals surface area contributed by atoms with Crippen LogP contribution >= 0.6 is 11.6 Å². The Balaban J connectivity index is 1.59. The lowest BCUT2D eigenvalue weighted by atomic mass is 9.70. The topological polar surface area (TPSA) is 40.5 Å². The molecule has 0 amide bonds. The number of allylic oxidation sites excluding steroid dienone is 4. The van der Waals surface area contributed by atoms with E-state index in [1.807, 2.05) is 24.3 Å². The van der Waals surface area contributed by atoms with Crippen molar-refractivity contribution in [3.05, 3.63) is 88.0 Å². The Morgan fingerprint density at radius 1 is 1.00 bits per heavy atom. The maximum Gasteiger partial charge on any atom is 0.335 e. The lowest BCUT2D eigenvalue weighted by Crippen LogP contribution is -2.46. The summed E-state index contributed by atoms with van der Waals surface area (Å²) in [5.41, 5.74) is 5.39. The van der Waals surface area contributed by atoms with Crippen molar-refractivity contribution in [2.75, 3.05) is 11.4 Å². The Labute approximate surface area is 175 Å². The fourth-order valence-corrected chi connectivity index (χ4v) is 6.26. The van der Waals surface area contributed by atoms with Gasteiger partial charge in [0.15, 0.2) is 0 Å². The molecule has 0 spiro atoms. The van der Waals surface area contributed by atoms with Crippen LogP contribution in [0.2, 0.25) is 5.02 Å². The molecule has 0 saturated carbocycles. The van der Waals surface area contributed by atoms with Gasteiger partial charge in [0, 0.05) is 29.1 Å². The molecule has 146 valence electrons. The van der Waals surface area contributed by atoms with Gasteiger partial charge in [-0.2, -0.15) is 0 Å². The molecule has 0 radical (unpaired) electrons. The molecule has 2 aliphatic heterocycles. The van der Waals surface area contributed by atoms with E-state index in [2.05, 4.69) is 41.3 Å². The molecule has 1 N–H and O–H groups in total. The molecule has 2 heterocycles. The first-order chi connectivity index (χ1) is 14.1. The van der Waals surface area contributed by atoms with Crippen LogP contribution in [0.3, 0.4) is 0 Å². The molecule has 0 saturated heterocycles. The highest BCUT2D eigenvalue weighted by Gasteiger charge is 2.48. The molecule has 0 fully saturated rings. The number of hydrogen-bond donors (Lipinski definition) is 1. The number of anilines is 1. The smallest absolute Gasteiger partial charge is 0.335 e. The van der Waals surface area contributed by atoms with Gasteiger partial charge in [-0.3, -0.25) is 0 Å². The van der Waals surface area contributed by atoms with Gasteiger partial charge < -0.3 is 10.0 Å². The second-order valence-corrected chi connectivity index (χ2v) is 9.20. The molecule has 4 heteroatoms. The third-order valence-electron chi connectivity index (χ3n) is 7.31. The van der Waals surface area contributed by atoms with E-state index in [0.717, 1.165) is 24.4 Å². The van der Waals surface area contributed by atoms with Crippen molar-refractivity contribution in [1.82, 2.24) is 0 Å². The average Bonchev–Trinajstić information content (AvgIpc) is 3.38. The minimum atomic E-state index is -0.835. The third kappa shape index (κ3) is 2.47. The normalized spacial score (nSPS) is 30.8. The molecule has 29 heavy (non-hydrogen) atoms. The lowest BCUT2D eigenvalue weighted by Gasteiger charge is -2.51. The highest BCUT2D eigenvalue weighted by Crippen LogP contribution is 2.58. The van der Waals surface area contributed by atoms with E-state index in [1.165, 1.54) is 22.4 Å². The molecular formula is C25H22ClNO2. The van der Waals surface area contributed by atoms with Crippen LogP contribution in [-0.4, -0.2) is 17.6 Å². The van der Waals surface area contributed by atoms with Gasteiger partial charge in [0.05, 0.1) is 11.6 Å². The van der Waals surface area contributed by atoms with Gasteiger partial charge in [0.2, 0.25) is 0 Å². The monoisotopic (exact) mass is 403 g/mol. The first-order valence-corrected chi connectivity index (χ1v) is 10.8. The summed E-state index contributed by atoms with van der Waals surface area (Å²) in [4.78, 5) is 14.5. The number of benzene rings is 2. The number of halogens is 1. The SMILES string of the molecule is O=C(O)c1cc2c3c(c1)[C@H]1C=CC[C@@H]1[C@H](c1ccc(Cl)cc1)N3C[C@@H]1CC=C[C@H]21. The van der Waals surface area contributed by atoms with Gasteiger partial charge in [-0.05, 0) is 65.6 Å². The minimum absolute atomic E-state index is 0.266. The van der Waals surface area contributed by atoms with Crippen molar-refractivity contribution in [3.63, 3.8) is 0 Å². The molecule has 2 aromatic rings. The Kier molecular flexibility index (Phi) is 3.73. The highest BCUT2D eigenvalue weighted by molar-refractivity contribution is 6.30. The zero-order valence-corrected chi connectivity index (χ0v) is 16.7. The maximum atomic E-state index is 11.9. The molecule has 0 unspecified atom stereocenters. The van der Waals surface area contributed by atoms with E-state index >= 15 is 0 Å². The fraction of sp³-hybridized carbons (Fsp3) is 0.320. The summed E-state index contributed by atoms with van der Waals surface area (Å²) in [5.74, 6) is 0.693. The second kappa shape index (κ2) is 6.24. The van der Waals surface area contributed by atoms with Crippen LogP contribution < -0.4 is 4.90 Å². The van der Waals surface area contributed by atoms with Crippen molar-refractivity contribution in [1.29, 1.82) is 0 Å². The summed E-state index contributed by atoms with van der Waals surface area (Å²) >= 11 is 6.18. The van der Waals surface area contributed by atoms with Crippen molar-refractivity contribution < 1.29 is 9.90 Å². The number of carboxylic acid groups (broad SMARTS) is 1. The molecule has 2 aromatic carbocycles. The maximum absolute atomic E-state index is 11.9. The average molecular weight is 404 g/mol. The van der Waals surface area contributed by atoms with Gasteiger partial charge in [0.1, 0.15) is 0 Å². The summed E-state index contributed by atoms with van der Waals surface area (Å²) in [5, 5.41) is 10.5. The number of fused-ring (bicyclic) bond motifs is 4. The van der Waals surface area contributed by atoms with Gasteiger partial charge in [-0.25, -0.2) is 4.79 Å². The van der Waals surface area contributed by atoms with E-state index in [9.17, 15) is 9.90 Å². The first-order valence-electron chi connectivity index (χ1n) is 10.4. The predicted octanol–water partition coefficient (Wildman–Crippen LogP) is 5.93. The number of nitrogens with zero attached hydrogens (tertiary/aromatic N) is 1. The van der Waals surface area contributed by atoms with Crippen LogP contribution in [0.15, 0.2) is 60.7 Å². The van der Waals surface area contributed by atoms with Gasteiger partial charge in [-0.1, -0.05) is 48.0 Å². The number of rotatable bonds is 2. The van der Waals surface area contributed by atoms with Gasteiger partial charge >= 0.3 is 5.97 Å². The summed E-state index contributed by atoms with van der Waals surface area (Å²) in [7, 11) is 0. The Bertz CT molecular complexity index is 1050. The Hall–Kier alpha value is -2.52. The number of hydrogen-bond acceptors (Lipinski definition) is 2. The quantitative estimate of drug-likeness (QED) is 0.631. The van der Waals surface area contributed by atoms with E-state index < -0.39 is 5.97 Å². The van der Waals surface area contributed by atoms with Gasteiger partial charge in [0.25, 0.3) is 0 Å². The second-order valence-electron chi connectivity index (χ2n) is 8.76. The first kappa shape index (κ1) is 17.3. The summed E-state index contributed by atoms with van der Waals surface area (Å²) in [6.45, 7) is 1.01. The highest BCUT2D eigenvalue weighted by atomic mass is 35.5. The number of carboxylic acids is 1. The van der Waals surface area contributed by atoms with E-state index in [1.54, 1.807) is 0 Å². The molecule has 3 nitrogen and oxygen atoms in total.